The minimum atomic E-state index is -2.98. The van der Waals surface area contributed by atoms with Crippen molar-refractivity contribution in [1.29, 1.82) is 0 Å². The molecule has 1 amide bonds. The molecule has 0 radical (unpaired) electrons. The molecule has 0 atom stereocenters. The maximum atomic E-state index is 12.4. The van der Waals surface area contributed by atoms with Crippen LogP contribution in [0, 0.1) is 0 Å². The van der Waals surface area contributed by atoms with Crippen molar-refractivity contribution in [3.63, 3.8) is 0 Å². The van der Waals surface area contributed by atoms with Gasteiger partial charge in [0.2, 0.25) is 11.7 Å². The zero-order valence-electron chi connectivity index (χ0n) is 15.0. The van der Waals surface area contributed by atoms with Gasteiger partial charge in [-0.15, -0.1) is 0 Å². The van der Waals surface area contributed by atoms with E-state index in [1.165, 1.54) is 31.4 Å². The molecule has 2 aromatic carbocycles. The molecule has 3 N–H and O–H groups in total. The van der Waals surface area contributed by atoms with Crippen LogP contribution < -0.4 is 20.5 Å². The fourth-order valence-corrected chi connectivity index (χ4v) is 2.66. The van der Waals surface area contributed by atoms with E-state index in [1.54, 1.807) is 12.1 Å². The Morgan fingerprint density at radius 2 is 2.07 bits per heavy atom. The number of primary amides is 1. The number of carbonyl (C=O) groups is 1. The molecule has 0 unspecified atom stereocenters. The van der Waals surface area contributed by atoms with Crippen LogP contribution in [0.5, 0.6) is 11.5 Å². The summed E-state index contributed by atoms with van der Waals surface area (Å²) in [7, 11) is 1.32. The van der Waals surface area contributed by atoms with Crippen molar-refractivity contribution in [2.24, 2.45) is 5.73 Å². The minimum absolute atomic E-state index is 0.0946. The van der Waals surface area contributed by atoms with Gasteiger partial charge in [0.15, 0.2) is 11.5 Å². The lowest BCUT2D eigenvalue weighted by Crippen LogP contribution is -2.14. The second-order valence-electron chi connectivity index (χ2n) is 5.66. The van der Waals surface area contributed by atoms with Crippen LogP contribution >= 0.6 is 11.6 Å². The molecular weight excluding hydrogens is 410 g/mol. The standard InChI is InChI=1S/C18H15ClF2N4O4/c1-27-14-6-9(2-5-13(14)28-18(20)21)17-24-15(29-25-17)8-23-12-7-10(19)3-4-11(12)16(22)26/h2-7,18,23H,8H2,1H3,(H2,22,26). The molecule has 0 spiro atoms. The van der Waals surface area contributed by atoms with E-state index < -0.39 is 12.5 Å². The van der Waals surface area contributed by atoms with Crippen LogP contribution in [0.25, 0.3) is 11.4 Å². The first kappa shape index (κ1) is 20.3. The number of hydrogen-bond donors (Lipinski definition) is 2. The average molecular weight is 425 g/mol. The number of anilines is 1. The number of nitrogens with zero attached hydrogens (tertiary/aromatic N) is 2. The molecule has 0 saturated carbocycles. The third-order valence-corrected chi connectivity index (χ3v) is 4.02. The molecule has 0 aliphatic rings. The van der Waals surface area contributed by atoms with Gasteiger partial charge >= 0.3 is 6.61 Å². The third kappa shape index (κ3) is 4.91. The van der Waals surface area contributed by atoms with Gasteiger partial charge in [-0.3, -0.25) is 4.79 Å². The Hall–Kier alpha value is -3.40. The van der Waals surface area contributed by atoms with Crippen molar-refractivity contribution in [2.75, 3.05) is 12.4 Å². The molecular formula is C18H15ClF2N4O4. The number of aromatic nitrogens is 2. The first-order valence-corrected chi connectivity index (χ1v) is 8.54. The topological polar surface area (TPSA) is 112 Å². The first-order valence-electron chi connectivity index (χ1n) is 8.16. The van der Waals surface area contributed by atoms with Crippen molar-refractivity contribution in [2.45, 2.75) is 13.2 Å². The summed E-state index contributed by atoms with van der Waals surface area (Å²) in [5.74, 6) is -0.213. The monoisotopic (exact) mass is 424 g/mol. The van der Waals surface area contributed by atoms with Crippen LogP contribution in [0.1, 0.15) is 16.2 Å². The Labute approximate surface area is 168 Å². The van der Waals surface area contributed by atoms with E-state index in [4.69, 9.17) is 26.6 Å². The van der Waals surface area contributed by atoms with E-state index in [9.17, 15) is 13.6 Å². The molecule has 29 heavy (non-hydrogen) atoms. The molecule has 0 saturated heterocycles. The number of nitrogens with two attached hydrogens (primary N) is 1. The van der Waals surface area contributed by atoms with Crippen LogP contribution in [0.4, 0.5) is 14.5 Å². The number of alkyl halides is 2. The van der Waals surface area contributed by atoms with Gasteiger partial charge in [0, 0.05) is 16.3 Å². The predicted octanol–water partition coefficient (Wildman–Crippen LogP) is 3.71. The summed E-state index contributed by atoms with van der Waals surface area (Å²) >= 11 is 5.95. The number of halogens is 3. The quantitative estimate of drug-likeness (QED) is 0.566. The fourth-order valence-electron chi connectivity index (χ4n) is 2.49. The number of benzene rings is 2. The summed E-state index contributed by atoms with van der Waals surface area (Å²) in [5.41, 5.74) is 6.49. The van der Waals surface area contributed by atoms with Gasteiger partial charge in [-0.2, -0.15) is 13.8 Å². The van der Waals surface area contributed by atoms with Crippen LogP contribution in [0.3, 0.4) is 0 Å². The largest absolute Gasteiger partial charge is 0.493 e. The van der Waals surface area contributed by atoms with Crippen molar-refractivity contribution >= 4 is 23.2 Å². The normalized spacial score (nSPS) is 10.8. The van der Waals surface area contributed by atoms with Crippen LogP contribution in [-0.4, -0.2) is 29.8 Å². The molecule has 0 aliphatic carbocycles. The summed E-state index contributed by atoms with van der Waals surface area (Å²) < 4.78 is 39.5. The predicted molar refractivity (Wildman–Crippen MR) is 100 cm³/mol. The molecule has 152 valence electrons. The third-order valence-electron chi connectivity index (χ3n) is 3.78. The second-order valence-corrected chi connectivity index (χ2v) is 6.10. The lowest BCUT2D eigenvalue weighted by molar-refractivity contribution is -0.0512. The van der Waals surface area contributed by atoms with Crippen molar-refractivity contribution < 1.29 is 27.6 Å². The zero-order chi connectivity index (χ0) is 21.0. The molecule has 0 fully saturated rings. The van der Waals surface area contributed by atoms with Crippen molar-refractivity contribution in [3.05, 3.63) is 52.9 Å². The van der Waals surface area contributed by atoms with Crippen LogP contribution in [0.15, 0.2) is 40.9 Å². The highest BCUT2D eigenvalue weighted by Gasteiger charge is 2.15. The maximum absolute atomic E-state index is 12.4. The molecule has 0 bridgehead atoms. The molecule has 1 aromatic heterocycles. The summed E-state index contributed by atoms with van der Waals surface area (Å²) in [4.78, 5) is 15.7. The maximum Gasteiger partial charge on any atom is 0.387 e. The molecule has 1 heterocycles. The van der Waals surface area contributed by atoms with Gasteiger partial charge in [-0.25, -0.2) is 0 Å². The van der Waals surface area contributed by atoms with E-state index in [1.807, 2.05) is 0 Å². The van der Waals surface area contributed by atoms with Crippen LogP contribution in [0.2, 0.25) is 5.02 Å². The lowest BCUT2D eigenvalue weighted by atomic mass is 10.1. The number of ether oxygens (including phenoxy) is 2. The summed E-state index contributed by atoms with van der Waals surface area (Å²) in [6, 6.07) is 8.85. The number of methoxy groups -OCH3 is 1. The van der Waals surface area contributed by atoms with E-state index in [-0.39, 0.29) is 35.3 Å². The number of nitrogens with one attached hydrogen (secondary N) is 1. The van der Waals surface area contributed by atoms with E-state index >= 15 is 0 Å². The smallest absolute Gasteiger partial charge is 0.387 e. The second kappa shape index (κ2) is 8.74. The number of amides is 1. The lowest BCUT2D eigenvalue weighted by Gasteiger charge is -2.10. The van der Waals surface area contributed by atoms with Gasteiger partial charge < -0.3 is 25.0 Å². The fraction of sp³-hybridized carbons (Fsp3) is 0.167. The summed E-state index contributed by atoms with van der Waals surface area (Å²) in [6.07, 6.45) is 0. The Bertz CT molecular complexity index is 1030. The van der Waals surface area contributed by atoms with Gasteiger partial charge in [0.1, 0.15) is 0 Å². The average Bonchev–Trinajstić information content (AvgIpc) is 3.15. The van der Waals surface area contributed by atoms with Crippen molar-refractivity contribution in [1.82, 2.24) is 10.1 Å². The molecule has 3 rings (SSSR count). The molecule has 0 aliphatic heterocycles. The summed E-state index contributed by atoms with van der Waals surface area (Å²) in [5, 5.41) is 7.23. The SMILES string of the molecule is COc1cc(-c2noc(CNc3cc(Cl)ccc3C(N)=O)n2)ccc1OC(F)F. The van der Waals surface area contributed by atoms with Crippen molar-refractivity contribution in [3.8, 4) is 22.9 Å². The van der Waals surface area contributed by atoms with Crippen LogP contribution in [-0.2, 0) is 6.54 Å². The van der Waals surface area contributed by atoms with Gasteiger partial charge in [0.25, 0.3) is 5.91 Å². The van der Waals surface area contributed by atoms with Gasteiger partial charge in [0.05, 0.1) is 19.2 Å². The molecule has 11 heteroatoms. The highest BCUT2D eigenvalue weighted by atomic mass is 35.5. The highest BCUT2D eigenvalue weighted by molar-refractivity contribution is 6.31. The number of hydrogen-bond acceptors (Lipinski definition) is 7. The first-order chi connectivity index (χ1) is 13.9. The Morgan fingerprint density at radius 3 is 2.76 bits per heavy atom. The number of rotatable bonds is 8. The molecule has 8 nitrogen and oxygen atoms in total. The Balaban J connectivity index is 1.76. The van der Waals surface area contributed by atoms with E-state index in [0.717, 1.165) is 0 Å². The molecule has 3 aromatic rings. The minimum Gasteiger partial charge on any atom is -0.493 e. The number of carbonyl (C=O) groups excluding carboxylic acids is 1. The summed E-state index contributed by atoms with van der Waals surface area (Å²) in [6.45, 7) is -2.88. The Morgan fingerprint density at radius 1 is 1.28 bits per heavy atom. The Kier molecular flexibility index (Phi) is 6.13. The van der Waals surface area contributed by atoms with E-state index in [2.05, 4.69) is 20.2 Å². The van der Waals surface area contributed by atoms with Gasteiger partial charge in [-0.05, 0) is 36.4 Å². The van der Waals surface area contributed by atoms with Gasteiger partial charge in [-0.1, -0.05) is 16.8 Å². The van der Waals surface area contributed by atoms with E-state index in [0.29, 0.717) is 16.3 Å². The highest BCUT2D eigenvalue weighted by Crippen LogP contribution is 2.32. The zero-order valence-corrected chi connectivity index (χ0v) is 15.7.